The largest absolute Gasteiger partial charge is 0.487 e. The Balaban J connectivity index is 1.73. The summed E-state index contributed by atoms with van der Waals surface area (Å²) in [7, 11) is 0. The van der Waals surface area contributed by atoms with E-state index in [4.69, 9.17) is 27.9 Å². The molecule has 1 heterocycles. The van der Waals surface area contributed by atoms with Crippen LogP contribution < -0.4 is 9.75 Å². The highest BCUT2D eigenvalue weighted by Gasteiger charge is 2.37. The van der Waals surface area contributed by atoms with Crippen molar-refractivity contribution in [1.29, 1.82) is 0 Å². The van der Waals surface area contributed by atoms with Crippen LogP contribution >= 0.6 is 39.1 Å². The molecule has 0 saturated heterocycles. The summed E-state index contributed by atoms with van der Waals surface area (Å²) in [6, 6.07) is 10.1. The molecule has 0 spiro atoms. The Bertz CT molecular complexity index is 1430. The Morgan fingerprint density at radius 3 is 2.17 bits per heavy atom. The summed E-state index contributed by atoms with van der Waals surface area (Å²) in [6.45, 7) is 1.42. The number of hydrazone groups is 1. The van der Waals surface area contributed by atoms with Crippen LogP contribution in [0.3, 0.4) is 0 Å². The minimum Gasteiger partial charge on any atom is -0.487 e. The fourth-order valence-electron chi connectivity index (χ4n) is 3.35. The van der Waals surface area contributed by atoms with Gasteiger partial charge in [-0.2, -0.15) is 10.1 Å². The van der Waals surface area contributed by atoms with Gasteiger partial charge in [0.15, 0.2) is 23.3 Å². The molecule has 12 heteroatoms. The van der Waals surface area contributed by atoms with Gasteiger partial charge in [-0.05, 0) is 42.8 Å². The summed E-state index contributed by atoms with van der Waals surface area (Å²) in [6.07, 6.45) is 1.25. The maximum absolute atomic E-state index is 14.3. The van der Waals surface area contributed by atoms with Crippen LogP contribution in [0.15, 0.2) is 51.5 Å². The number of anilines is 1. The molecule has 0 bridgehead atoms. The van der Waals surface area contributed by atoms with Gasteiger partial charge in [-0.25, -0.2) is 22.0 Å². The van der Waals surface area contributed by atoms with Gasteiger partial charge in [-0.1, -0.05) is 51.3 Å². The number of hydrogen-bond acceptors (Lipinski definition) is 3. The van der Waals surface area contributed by atoms with Crippen molar-refractivity contribution in [1.82, 2.24) is 0 Å². The topological polar surface area (TPSA) is 41.9 Å². The molecule has 0 aliphatic carbocycles. The molecule has 0 radical (unpaired) electrons. The predicted molar refractivity (Wildman–Crippen MR) is 130 cm³/mol. The lowest BCUT2D eigenvalue weighted by Gasteiger charge is -2.15. The number of hydrogen-bond donors (Lipinski definition) is 0. The van der Waals surface area contributed by atoms with Crippen LogP contribution in [0.2, 0.25) is 10.0 Å². The summed E-state index contributed by atoms with van der Waals surface area (Å²) in [5, 5.41) is 4.14. The van der Waals surface area contributed by atoms with Crippen molar-refractivity contribution in [3.05, 3.63) is 96.7 Å². The van der Waals surface area contributed by atoms with E-state index >= 15 is 0 Å². The Kier molecular flexibility index (Phi) is 7.40. The van der Waals surface area contributed by atoms with E-state index in [2.05, 4.69) is 21.0 Å². The first kappa shape index (κ1) is 26.1. The van der Waals surface area contributed by atoms with Crippen molar-refractivity contribution in [2.45, 2.75) is 13.5 Å². The molecular formula is C24H12BrCl2F5N2O2. The lowest BCUT2D eigenvalue weighted by molar-refractivity contribution is -0.114. The highest BCUT2D eigenvalue weighted by Crippen LogP contribution is 2.37. The van der Waals surface area contributed by atoms with E-state index in [1.165, 1.54) is 25.1 Å². The molecule has 4 nitrogen and oxygen atoms in total. The standard InChI is InChI=1S/C24H12BrCl2F5N2O2/c1-10-15(24(35)34(33-10)22-20(31)18(29)17(28)19(30)21(22)32)7-12-6-14(26)8-16(27)23(12)36-9-11-2-4-13(25)5-3-11/h2-8H,9H2,1H3/b15-7-. The van der Waals surface area contributed by atoms with Crippen molar-refractivity contribution in [2.75, 3.05) is 5.01 Å². The van der Waals surface area contributed by atoms with Gasteiger partial charge in [0, 0.05) is 15.1 Å². The number of benzene rings is 3. The second kappa shape index (κ2) is 10.2. The molecule has 1 aliphatic rings. The van der Waals surface area contributed by atoms with Crippen LogP contribution in [0.5, 0.6) is 5.75 Å². The molecule has 1 aliphatic heterocycles. The van der Waals surface area contributed by atoms with Gasteiger partial charge in [0.1, 0.15) is 18.0 Å². The summed E-state index contributed by atoms with van der Waals surface area (Å²) in [4.78, 5) is 13.0. The number of carbonyl (C=O) groups is 1. The van der Waals surface area contributed by atoms with Gasteiger partial charge in [0.2, 0.25) is 5.82 Å². The number of rotatable bonds is 5. The highest BCUT2D eigenvalue weighted by molar-refractivity contribution is 9.10. The third-order valence-corrected chi connectivity index (χ3v) is 6.12. The van der Waals surface area contributed by atoms with E-state index in [-0.39, 0.29) is 44.3 Å². The average molecular weight is 606 g/mol. The molecule has 4 rings (SSSR count). The van der Waals surface area contributed by atoms with Gasteiger partial charge in [0.25, 0.3) is 5.91 Å². The molecule has 3 aromatic carbocycles. The number of halogens is 8. The second-order valence-corrected chi connectivity index (χ2v) is 9.26. The van der Waals surface area contributed by atoms with Crippen LogP contribution in [-0.2, 0) is 11.4 Å². The zero-order valence-electron chi connectivity index (χ0n) is 18.0. The normalized spacial score (nSPS) is 14.6. The van der Waals surface area contributed by atoms with Crippen molar-refractivity contribution < 1.29 is 31.5 Å². The first-order valence-electron chi connectivity index (χ1n) is 9.99. The van der Waals surface area contributed by atoms with Crippen LogP contribution in [-0.4, -0.2) is 11.6 Å². The van der Waals surface area contributed by atoms with E-state index in [1.54, 1.807) is 0 Å². The fourth-order valence-corrected chi connectivity index (χ4v) is 4.17. The van der Waals surface area contributed by atoms with E-state index in [0.29, 0.717) is 0 Å². The molecule has 36 heavy (non-hydrogen) atoms. The van der Waals surface area contributed by atoms with Crippen LogP contribution in [0.4, 0.5) is 27.6 Å². The quantitative estimate of drug-likeness (QED) is 0.129. The lowest BCUT2D eigenvalue weighted by Crippen LogP contribution is -2.25. The average Bonchev–Trinajstić information content (AvgIpc) is 3.10. The summed E-state index contributed by atoms with van der Waals surface area (Å²) in [5.74, 6) is -12.1. The van der Waals surface area contributed by atoms with Gasteiger partial charge in [-0.3, -0.25) is 4.79 Å². The molecular weight excluding hydrogens is 594 g/mol. The van der Waals surface area contributed by atoms with Crippen molar-refractivity contribution in [3.63, 3.8) is 0 Å². The van der Waals surface area contributed by atoms with Crippen LogP contribution in [0.25, 0.3) is 6.08 Å². The van der Waals surface area contributed by atoms with Gasteiger partial charge >= 0.3 is 0 Å². The zero-order valence-corrected chi connectivity index (χ0v) is 21.1. The molecule has 0 fully saturated rings. The molecule has 3 aromatic rings. The molecule has 186 valence electrons. The molecule has 0 N–H and O–H groups in total. The minimum absolute atomic E-state index is 0.0566. The molecule has 0 aromatic heterocycles. The molecule has 0 saturated carbocycles. The molecule has 0 atom stereocenters. The minimum atomic E-state index is -2.35. The van der Waals surface area contributed by atoms with Crippen LogP contribution in [0, 0.1) is 29.1 Å². The van der Waals surface area contributed by atoms with Gasteiger partial charge in [-0.15, -0.1) is 0 Å². The maximum atomic E-state index is 14.3. The van der Waals surface area contributed by atoms with Crippen molar-refractivity contribution in [2.24, 2.45) is 5.10 Å². The second-order valence-electron chi connectivity index (χ2n) is 7.50. The maximum Gasteiger partial charge on any atom is 0.280 e. The number of amides is 1. The molecule has 1 amide bonds. The first-order valence-corrected chi connectivity index (χ1v) is 11.5. The van der Waals surface area contributed by atoms with Gasteiger partial charge in [0.05, 0.1) is 16.3 Å². The lowest BCUT2D eigenvalue weighted by atomic mass is 10.1. The van der Waals surface area contributed by atoms with E-state index in [1.807, 2.05) is 24.3 Å². The Labute approximate surface area is 219 Å². The predicted octanol–water partition coefficient (Wildman–Crippen LogP) is 7.84. The Morgan fingerprint density at radius 1 is 0.972 bits per heavy atom. The monoisotopic (exact) mass is 604 g/mol. The van der Waals surface area contributed by atoms with E-state index in [0.717, 1.165) is 10.0 Å². The first-order chi connectivity index (χ1) is 17.0. The summed E-state index contributed by atoms with van der Waals surface area (Å²) in [5.41, 5.74) is -0.726. The zero-order chi connectivity index (χ0) is 26.3. The smallest absolute Gasteiger partial charge is 0.280 e. The van der Waals surface area contributed by atoms with Crippen LogP contribution in [0.1, 0.15) is 18.1 Å². The third kappa shape index (κ3) is 4.85. The van der Waals surface area contributed by atoms with Crippen molar-refractivity contribution in [3.8, 4) is 5.75 Å². The number of carbonyl (C=O) groups excluding carboxylic acids is 1. The highest BCUT2D eigenvalue weighted by atomic mass is 79.9. The Morgan fingerprint density at radius 2 is 1.56 bits per heavy atom. The van der Waals surface area contributed by atoms with E-state index in [9.17, 15) is 26.7 Å². The summed E-state index contributed by atoms with van der Waals surface area (Å²) >= 11 is 15.8. The fraction of sp³-hybridized carbons (Fsp3) is 0.0833. The Hall–Kier alpha value is -2.95. The van der Waals surface area contributed by atoms with E-state index < -0.39 is 40.7 Å². The van der Waals surface area contributed by atoms with Crippen molar-refractivity contribution >= 4 is 62.5 Å². The number of ether oxygens (including phenoxy) is 1. The van der Waals surface area contributed by atoms with Gasteiger partial charge < -0.3 is 4.74 Å². The number of nitrogens with zero attached hydrogens (tertiary/aromatic N) is 2. The SMILES string of the molecule is CC1=NN(c2c(F)c(F)c(F)c(F)c2F)C(=O)/C1=C\c1cc(Cl)cc(Cl)c1OCc1ccc(Br)cc1. The molecule has 0 unspecified atom stereocenters. The summed E-state index contributed by atoms with van der Waals surface area (Å²) < 4.78 is 76.2. The third-order valence-electron chi connectivity index (χ3n) is 5.09.